The molecular weight excluding hydrogens is 1050 g/mol. The summed E-state index contributed by atoms with van der Waals surface area (Å²) in [4.78, 5) is 14.2. The molecule has 4 aromatic carbocycles. The molecule has 7 nitrogen and oxygen atoms in total. The molecule has 1 aliphatic rings. The van der Waals surface area contributed by atoms with E-state index in [0.717, 1.165) is 38.5 Å². The summed E-state index contributed by atoms with van der Waals surface area (Å²) in [6, 6.07) is 35.4. The predicted molar refractivity (Wildman–Crippen MR) is 353 cm³/mol. The van der Waals surface area contributed by atoms with Gasteiger partial charge in [-0.1, -0.05) is 346 Å². The van der Waals surface area contributed by atoms with Crippen molar-refractivity contribution in [2.45, 2.75) is 314 Å². The highest BCUT2D eigenvalue weighted by atomic mass is 19.1. The van der Waals surface area contributed by atoms with Crippen LogP contribution in [0, 0.1) is 0 Å². The number of nitrogens with one attached hydrogen (secondary N) is 1. The fourth-order valence-corrected chi connectivity index (χ4v) is 11.6. The van der Waals surface area contributed by atoms with Crippen LogP contribution in [0.2, 0.25) is 0 Å². The molecule has 1 aliphatic heterocycles. The second-order valence-electron chi connectivity index (χ2n) is 24.2. The van der Waals surface area contributed by atoms with Crippen molar-refractivity contribution in [2.24, 2.45) is 0 Å². The van der Waals surface area contributed by atoms with Gasteiger partial charge in [-0.2, -0.15) is 0 Å². The Kier molecular flexibility index (Phi) is 37.5. The van der Waals surface area contributed by atoms with Crippen LogP contribution in [0.4, 0.5) is 4.39 Å². The minimum atomic E-state index is -1.61. The minimum Gasteiger partial charge on any atom is -0.374 e. The van der Waals surface area contributed by atoms with E-state index in [1.807, 2.05) is 91.0 Å². The third-order valence-corrected chi connectivity index (χ3v) is 16.8. The number of carbonyl (C=O) groups excluding carboxylic acids is 1. The Morgan fingerprint density at radius 3 is 1.18 bits per heavy atom. The predicted octanol–water partition coefficient (Wildman–Crippen LogP) is 21.2. The molecule has 0 spiro atoms. The van der Waals surface area contributed by atoms with E-state index in [-0.39, 0.29) is 25.4 Å². The zero-order valence-electron chi connectivity index (χ0n) is 57.0. The van der Waals surface area contributed by atoms with Crippen LogP contribution in [0.5, 0.6) is 0 Å². The minimum absolute atomic E-state index is 0.0931. The largest absolute Gasteiger partial charge is 0.374 e. The molecule has 0 radical (unpaired) electrons. The monoisotopic (exact) mass is 1180 g/mol. The van der Waals surface area contributed by atoms with Gasteiger partial charge in [-0.15, -0.1) is 0 Å². The lowest BCUT2D eigenvalue weighted by atomic mass is 9.89. The van der Waals surface area contributed by atoms with Gasteiger partial charge in [-0.25, -0.2) is 4.39 Å². The molecule has 4 aromatic rings. The molecular formula is C77H118FNO6. The molecule has 0 aliphatic carbocycles. The van der Waals surface area contributed by atoms with Gasteiger partial charge in [-0.05, 0) is 47.9 Å². The number of carbonyl (C=O) groups is 1. The zero-order valence-corrected chi connectivity index (χ0v) is 53.0. The highest BCUT2D eigenvalue weighted by Gasteiger charge is 2.49. The molecule has 85 heavy (non-hydrogen) atoms. The molecule has 1 amide bonds. The van der Waals surface area contributed by atoms with Crippen LogP contribution < -0.4 is 5.32 Å². The number of alkyl halides is 1. The van der Waals surface area contributed by atoms with Crippen LogP contribution >= 0.6 is 0 Å². The maximum absolute atomic E-state index is 17.3. The van der Waals surface area contributed by atoms with E-state index >= 15 is 4.39 Å². The summed E-state index contributed by atoms with van der Waals surface area (Å²) in [5, 5.41) is 3.11. The Labute approximate surface area is 523 Å². The summed E-state index contributed by atoms with van der Waals surface area (Å²) >= 11 is 0. The SMILES string of the molecule is [2H]C(OC[C@H]1OC(C[C@H](NC(=O)CCCCCCCCCCCCCCCCCCCCCCCCC)[C@H](F)C=CCCCCCCCCCCCC)[C@H](OC([2H])c2ccccc2)[C@@H](OC([2H])c2ccccc2)[C@H]1OC([2H])c1ccccc1)c1ccccc1. The lowest BCUT2D eigenvalue weighted by Crippen LogP contribution is -2.62. The quantitative estimate of drug-likeness (QED) is 0.0351. The lowest BCUT2D eigenvalue weighted by Gasteiger charge is -2.47. The van der Waals surface area contributed by atoms with Crippen molar-refractivity contribution in [1.29, 1.82) is 0 Å². The normalized spacial score (nSPS) is 20.0. The molecule has 0 saturated carbocycles. The molecule has 5 rings (SSSR count). The van der Waals surface area contributed by atoms with Crippen LogP contribution in [0.3, 0.4) is 0 Å². The van der Waals surface area contributed by atoms with Gasteiger partial charge in [0, 0.05) is 6.42 Å². The van der Waals surface area contributed by atoms with Gasteiger partial charge in [0.1, 0.15) is 30.6 Å². The van der Waals surface area contributed by atoms with Crippen molar-refractivity contribution in [2.75, 3.05) is 6.61 Å². The third kappa shape index (κ3) is 33.7. The highest BCUT2D eigenvalue weighted by Crippen LogP contribution is 2.34. The van der Waals surface area contributed by atoms with Gasteiger partial charge in [0.15, 0.2) is 0 Å². The topological polar surface area (TPSA) is 75.3 Å². The summed E-state index contributed by atoms with van der Waals surface area (Å²) in [5.74, 6) is -0.246. The first-order valence-electron chi connectivity index (χ1n) is 36.7. The number of ether oxygens (including phenoxy) is 5. The molecule has 8 heteroatoms. The van der Waals surface area contributed by atoms with Crippen LogP contribution in [0.1, 0.15) is 273 Å². The number of halogens is 1. The van der Waals surface area contributed by atoms with Gasteiger partial charge >= 0.3 is 0 Å². The van der Waals surface area contributed by atoms with E-state index in [2.05, 4.69) is 19.2 Å². The van der Waals surface area contributed by atoms with Crippen molar-refractivity contribution < 1.29 is 38.4 Å². The van der Waals surface area contributed by atoms with Crippen molar-refractivity contribution >= 4 is 5.91 Å². The van der Waals surface area contributed by atoms with E-state index in [9.17, 15) is 8.91 Å². The van der Waals surface area contributed by atoms with Gasteiger partial charge in [0.25, 0.3) is 0 Å². The fraction of sp³-hybridized carbons (Fsp3) is 0.649. The van der Waals surface area contributed by atoms with Gasteiger partial charge < -0.3 is 29.0 Å². The molecule has 1 saturated heterocycles. The highest BCUT2D eigenvalue weighted by molar-refractivity contribution is 5.76. The van der Waals surface area contributed by atoms with Crippen molar-refractivity contribution in [1.82, 2.24) is 5.32 Å². The first kappa shape index (κ1) is 65.3. The fourth-order valence-electron chi connectivity index (χ4n) is 11.6. The van der Waals surface area contributed by atoms with Gasteiger partial charge in [-0.3, -0.25) is 4.79 Å². The first-order chi connectivity index (χ1) is 43.7. The van der Waals surface area contributed by atoms with E-state index in [0.29, 0.717) is 35.1 Å². The van der Waals surface area contributed by atoms with E-state index < -0.39 is 69.1 Å². The maximum Gasteiger partial charge on any atom is 0.220 e. The molecule has 1 N–H and O–H groups in total. The first-order valence-corrected chi connectivity index (χ1v) is 34.4. The van der Waals surface area contributed by atoms with Crippen molar-refractivity contribution in [3.05, 3.63) is 156 Å². The molecule has 1 fully saturated rings. The number of amides is 1. The average Bonchev–Trinajstić information content (AvgIpc) is 1.05. The maximum atomic E-state index is 17.3. The third-order valence-electron chi connectivity index (χ3n) is 16.8. The zero-order chi connectivity index (χ0) is 63.2. The van der Waals surface area contributed by atoms with Crippen molar-refractivity contribution in [3.63, 3.8) is 0 Å². The summed E-state index contributed by atoms with van der Waals surface area (Å²) in [7, 11) is 0. The van der Waals surface area contributed by atoms with Crippen LogP contribution in [-0.4, -0.2) is 55.2 Å². The summed E-state index contributed by atoms with van der Waals surface area (Å²) in [6.07, 6.45) is 38.9. The Morgan fingerprint density at radius 1 is 0.459 bits per heavy atom. The Balaban J connectivity index is 1.27. The lowest BCUT2D eigenvalue weighted by molar-refractivity contribution is -0.274. The van der Waals surface area contributed by atoms with Crippen LogP contribution in [0.25, 0.3) is 0 Å². The van der Waals surface area contributed by atoms with Crippen LogP contribution in [0.15, 0.2) is 133 Å². The number of allylic oxidation sites excluding steroid dienone is 1. The van der Waals surface area contributed by atoms with Crippen molar-refractivity contribution in [3.8, 4) is 0 Å². The van der Waals surface area contributed by atoms with E-state index in [1.54, 1.807) is 42.5 Å². The Morgan fingerprint density at radius 2 is 0.788 bits per heavy atom. The summed E-state index contributed by atoms with van der Waals surface area (Å²) in [5.41, 5.74) is 2.30. The standard InChI is InChI=1S/C77H118FNO6/c1-3-5-7-9-11-13-15-17-18-19-20-21-22-23-24-25-26-27-29-31-33-35-49-59-74(80)79-71(70(78)58-48-34-32-30-28-16-14-12-10-8-6-4-2)60-72-75(82-62-67-52-42-37-43-53-67)77(84-64-69-56-46-39-47-57-69)76(83-63-68-54-44-38-45-55-68)73(85-72)65-81-61-66-50-40-36-41-51-66/h36-48,50-58,70-73,75-77H,3-35,49,59-65H2,1-2H3,(H,79,80)/t70-,71+,72?,73-,75+,76+,77-/m1/s1/i61D,62D,63D,64D/t61?,62?,63?,64?,70-,71+,72?,73-,75+,76+,77-. The summed E-state index contributed by atoms with van der Waals surface area (Å²) < 4.78 is 88.5. The Hall–Kier alpha value is -4.18. The molecule has 1 heterocycles. The van der Waals surface area contributed by atoms with E-state index in [1.165, 1.54) is 167 Å². The molecule has 5 unspecified atom stereocenters. The number of benzene rings is 4. The van der Waals surface area contributed by atoms with E-state index in [4.69, 9.17) is 25.1 Å². The molecule has 11 atom stereocenters. The second kappa shape index (κ2) is 48.8. The molecule has 0 bridgehead atoms. The van der Waals surface area contributed by atoms with Gasteiger partial charge in [0.05, 0.1) is 50.6 Å². The number of hydrogen-bond acceptors (Lipinski definition) is 6. The molecule has 474 valence electrons. The second-order valence-corrected chi connectivity index (χ2v) is 24.2. The van der Waals surface area contributed by atoms with Crippen LogP contribution in [-0.2, 0) is 54.8 Å². The number of rotatable bonds is 53. The molecule has 0 aromatic heterocycles. The summed E-state index contributed by atoms with van der Waals surface area (Å²) in [6.45, 7) is -0.607. The smallest absolute Gasteiger partial charge is 0.220 e. The van der Waals surface area contributed by atoms with Gasteiger partial charge in [0.2, 0.25) is 5.91 Å². The Bertz CT molecular complexity index is 2330. The average molecular weight is 1180 g/mol. The number of hydrogen-bond donors (Lipinski definition) is 1. The number of unbranched alkanes of at least 4 members (excludes halogenated alkanes) is 32.